The molecule has 0 radical (unpaired) electrons. The molecule has 0 spiro atoms. The monoisotopic (exact) mass is 439 g/mol. The summed E-state index contributed by atoms with van der Waals surface area (Å²) < 4.78 is 6.16. The second-order valence-electron chi connectivity index (χ2n) is 8.71. The van der Waals surface area contributed by atoms with E-state index in [2.05, 4.69) is 83.4 Å². The summed E-state index contributed by atoms with van der Waals surface area (Å²) in [6.45, 7) is 0. The third kappa shape index (κ3) is 3.00. The van der Waals surface area contributed by atoms with Crippen LogP contribution in [-0.2, 0) is 0 Å². The van der Waals surface area contributed by atoms with Gasteiger partial charge in [-0.15, -0.1) is 0 Å². The zero-order valence-corrected chi connectivity index (χ0v) is 18.3. The van der Waals surface area contributed by atoms with E-state index >= 15 is 0 Å². The van der Waals surface area contributed by atoms with Crippen molar-refractivity contribution in [2.45, 2.75) is 0 Å². The Bertz CT molecular complexity index is 1760. The Morgan fingerprint density at radius 2 is 1.35 bits per heavy atom. The molecule has 0 fully saturated rings. The average molecular weight is 440 g/mol. The third-order valence-electron chi connectivity index (χ3n) is 6.48. The Balaban J connectivity index is 1.33. The number of benzene rings is 6. The van der Waals surface area contributed by atoms with E-state index in [0.717, 1.165) is 34.2 Å². The maximum Gasteiger partial charge on any atom is 0.153 e. The minimum atomic E-state index is 0.674. The van der Waals surface area contributed by atoms with Crippen molar-refractivity contribution in [3.8, 4) is 11.5 Å². The summed E-state index contributed by atoms with van der Waals surface area (Å²) in [5.74, 6) is 1.49. The van der Waals surface area contributed by atoms with Crippen LogP contribution in [0.5, 0.6) is 11.5 Å². The SMILES string of the molecule is Nc1ccc2c(c1)Oc1cc(Nc3cccc4ccc5cc6ccccc6cc5c34)ccc1N2. The summed E-state index contributed by atoms with van der Waals surface area (Å²) in [4.78, 5) is 0. The number of rotatable bonds is 2. The summed E-state index contributed by atoms with van der Waals surface area (Å²) in [7, 11) is 0. The van der Waals surface area contributed by atoms with Gasteiger partial charge in [-0.1, -0.05) is 48.5 Å². The number of nitrogens with one attached hydrogen (secondary N) is 2. The Morgan fingerprint density at radius 3 is 2.24 bits per heavy atom. The highest BCUT2D eigenvalue weighted by Gasteiger charge is 2.17. The van der Waals surface area contributed by atoms with Crippen LogP contribution < -0.4 is 21.1 Å². The Hall–Kier alpha value is -4.70. The standard InChI is InChI=1S/C30H21N3O/c31-22-10-12-25-28(16-22)34-29-17-23(11-13-26(29)33-25)32-27-7-3-6-18-8-9-21-14-19-4-1-2-5-20(19)15-24(21)30(18)27/h1-17,32-33H,31H2. The number of fused-ring (bicyclic) bond motifs is 6. The van der Waals surface area contributed by atoms with E-state index in [0.29, 0.717) is 5.69 Å². The van der Waals surface area contributed by atoms with E-state index in [4.69, 9.17) is 10.5 Å². The Morgan fingerprint density at radius 1 is 0.618 bits per heavy atom. The highest BCUT2D eigenvalue weighted by Crippen LogP contribution is 2.44. The van der Waals surface area contributed by atoms with Crippen LogP contribution >= 0.6 is 0 Å². The minimum absolute atomic E-state index is 0.674. The second kappa shape index (κ2) is 7.15. The molecule has 7 rings (SSSR count). The third-order valence-corrected chi connectivity index (χ3v) is 6.48. The molecule has 0 bridgehead atoms. The van der Waals surface area contributed by atoms with Crippen molar-refractivity contribution >= 4 is 60.8 Å². The molecule has 0 atom stereocenters. The lowest BCUT2D eigenvalue weighted by Crippen LogP contribution is -2.04. The number of hydrogen-bond donors (Lipinski definition) is 3. The molecule has 0 saturated heterocycles. The van der Waals surface area contributed by atoms with E-state index in [-0.39, 0.29) is 0 Å². The van der Waals surface area contributed by atoms with E-state index in [1.165, 1.54) is 32.3 Å². The van der Waals surface area contributed by atoms with Gasteiger partial charge in [-0.05, 0) is 69.4 Å². The van der Waals surface area contributed by atoms with Gasteiger partial charge in [-0.3, -0.25) is 0 Å². The van der Waals surface area contributed by atoms with Crippen LogP contribution in [0, 0.1) is 0 Å². The zero-order valence-electron chi connectivity index (χ0n) is 18.3. The lowest BCUT2D eigenvalue weighted by atomic mass is 9.97. The van der Waals surface area contributed by atoms with Crippen LogP contribution in [0.2, 0.25) is 0 Å². The lowest BCUT2D eigenvalue weighted by molar-refractivity contribution is 0.482. The number of nitrogens with two attached hydrogens (primary N) is 1. The minimum Gasteiger partial charge on any atom is -0.453 e. The summed E-state index contributed by atoms with van der Waals surface area (Å²) in [5, 5.41) is 14.4. The molecule has 0 unspecified atom stereocenters. The molecule has 6 aromatic rings. The number of anilines is 5. The molecule has 4 nitrogen and oxygen atoms in total. The molecule has 4 N–H and O–H groups in total. The molecule has 162 valence electrons. The molecule has 0 amide bonds. The van der Waals surface area contributed by atoms with Gasteiger partial charge in [0.1, 0.15) is 0 Å². The molecular formula is C30H21N3O. The topological polar surface area (TPSA) is 59.3 Å². The van der Waals surface area contributed by atoms with Gasteiger partial charge in [0.25, 0.3) is 0 Å². The van der Waals surface area contributed by atoms with Crippen molar-refractivity contribution in [1.82, 2.24) is 0 Å². The number of hydrogen-bond acceptors (Lipinski definition) is 4. The summed E-state index contributed by atoms with van der Waals surface area (Å²) >= 11 is 0. The first kappa shape index (κ1) is 18.8. The first-order valence-electron chi connectivity index (χ1n) is 11.3. The van der Waals surface area contributed by atoms with Gasteiger partial charge in [-0.25, -0.2) is 0 Å². The Labute approximate surface area is 196 Å². The van der Waals surface area contributed by atoms with E-state index in [9.17, 15) is 0 Å². The smallest absolute Gasteiger partial charge is 0.153 e. The lowest BCUT2D eigenvalue weighted by Gasteiger charge is -2.23. The maximum absolute atomic E-state index is 6.16. The van der Waals surface area contributed by atoms with Crippen molar-refractivity contribution in [2.75, 3.05) is 16.4 Å². The van der Waals surface area contributed by atoms with Crippen LogP contribution in [0.1, 0.15) is 0 Å². The van der Waals surface area contributed by atoms with E-state index < -0.39 is 0 Å². The largest absolute Gasteiger partial charge is 0.453 e. The van der Waals surface area contributed by atoms with Gasteiger partial charge in [0.05, 0.1) is 11.4 Å². The molecule has 1 aliphatic heterocycles. The predicted octanol–water partition coefficient (Wildman–Crippen LogP) is 8.32. The van der Waals surface area contributed by atoms with Crippen molar-refractivity contribution in [2.24, 2.45) is 0 Å². The second-order valence-corrected chi connectivity index (χ2v) is 8.71. The molecule has 6 aromatic carbocycles. The molecule has 0 aliphatic carbocycles. The van der Waals surface area contributed by atoms with E-state index in [1.807, 2.05) is 30.3 Å². The molecule has 0 saturated carbocycles. The summed E-state index contributed by atoms with van der Waals surface area (Å²) in [5.41, 5.74) is 10.5. The number of nitrogen functional groups attached to an aromatic ring is 1. The van der Waals surface area contributed by atoms with Crippen LogP contribution in [0.3, 0.4) is 0 Å². The van der Waals surface area contributed by atoms with Crippen molar-refractivity contribution in [1.29, 1.82) is 0 Å². The Kier molecular flexibility index (Phi) is 3.96. The van der Waals surface area contributed by atoms with Gasteiger partial charge in [-0.2, -0.15) is 0 Å². The fourth-order valence-corrected chi connectivity index (χ4v) is 4.84. The normalized spacial score (nSPS) is 12.1. The van der Waals surface area contributed by atoms with Crippen LogP contribution in [0.4, 0.5) is 28.4 Å². The van der Waals surface area contributed by atoms with Crippen molar-refractivity contribution in [3.63, 3.8) is 0 Å². The van der Waals surface area contributed by atoms with Gasteiger partial charge in [0.2, 0.25) is 0 Å². The summed E-state index contributed by atoms with van der Waals surface area (Å²) in [6.07, 6.45) is 0. The van der Waals surface area contributed by atoms with Crippen molar-refractivity contribution in [3.05, 3.63) is 103 Å². The quantitative estimate of drug-likeness (QED) is 0.144. The van der Waals surface area contributed by atoms with Gasteiger partial charge in [0, 0.05) is 34.6 Å². The van der Waals surface area contributed by atoms with E-state index in [1.54, 1.807) is 0 Å². The number of ether oxygens (including phenoxy) is 1. The first-order valence-corrected chi connectivity index (χ1v) is 11.3. The maximum atomic E-state index is 6.16. The molecule has 34 heavy (non-hydrogen) atoms. The molecular weight excluding hydrogens is 418 g/mol. The zero-order chi connectivity index (χ0) is 22.6. The van der Waals surface area contributed by atoms with Gasteiger partial charge >= 0.3 is 0 Å². The van der Waals surface area contributed by atoms with Gasteiger partial charge < -0.3 is 21.1 Å². The van der Waals surface area contributed by atoms with Crippen LogP contribution in [-0.4, -0.2) is 0 Å². The van der Waals surface area contributed by atoms with Crippen LogP contribution in [0.15, 0.2) is 103 Å². The average Bonchev–Trinajstić information content (AvgIpc) is 2.86. The fourth-order valence-electron chi connectivity index (χ4n) is 4.84. The predicted molar refractivity (Wildman–Crippen MR) is 143 cm³/mol. The molecule has 1 heterocycles. The molecule has 4 heteroatoms. The van der Waals surface area contributed by atoms with Crippen molar-refractivity contribution < 1.29 is 4.74 Å². The molecule has 1 aliphatic rings. The highest BCUT2D eigenvalue weighted by molar-refractivity contribution is 6.17. The summed E-state index contributed by atoms with van der Waals surface area (Å²) in [6, 6.07) is 35.6. The highest BCUT2D eigenvalue weighted by atomic mass is 16.5. The van der Waals surface area contributed by atoms with Gasteiger partial charge in [0.15, 0.2) is 11.5 Å². The fraction of sp³-hybridized carbons (Fsp3) is 0. The van der Waals surface area contributed by atoms with Crippen LogP contribution in [0.25, 0.3) is 32.3 Å². The molecule has 0 aromatic heterocycles. The first-order chi connectivity index (χ1) is 16.7.